The molecule has 1 aliphatic heterocycles. The second kappa shape index (κ2) is 7.34. The van der Waals surface area contributed by atoms with Crippen LogP contribution in [0.4, 0.5) is 0 Å². The van der Waals surface area contributed by atoms with Crippen molar-refractivity contribution >= 4 is 0 Å². The summed E-state index contributed by atoms with van der Waals surface area (Å²) >= 11 is 0. The third kappa shape index (κ3) is 5.84. The van der Waals surface area contributed by atoms with Gasteiger partial charge in [0.15, 0.2) is 0 Å². The Balaban J connectivity index is 2.27. The first-order valence-corrected chi connectivity index (χ1v) is 7.22. The Bertz CT molecular complexity index is 206. The maximum absolute atomic E-state index is 9.91. The molecule has 1 aliphatic rings. The molecular weight excluding hydrogens is 212 g/mol. The molecule has 2 atom stereocenters. The average Bonchev–Trinajstić information content (AvgIpc) is 2.53. The second-order valence-corrected chi connectivity index (χ2v) is 5.88. The van der Waals surface area contributed by atoms with E-state index in [4.69, 9.17) is 5.73 Å². The number of hydrogen-bond donors (Lipinski definition) is 2. The molecule has 3 N–H and O–H groups in total. The molecule has 1 heterocycles. The second-order valence-electron chi connectivity index (χ2n) is 5.88. The number of likely N-dealkylation sites (tertiary alicyclic amines) is 1. The highest BCUT2D eigenvalue weighted by molar-refractivity contribution is 4.77. The Morgan fingerprint density at radius 1 is 1.35 bits per heavy atom. The fourth-order valence-corrected chi connectivity index (χ4v) is 2.65. The monoisotopic (exact) mass is 242 g/mol. The number of nitrogens with zero attached hydrogens (tertiary/aromatic N) is 1. The summed E-state index contributed by atoms with van der Waals surface area (Å²) in [5.74, 6) is 0.931. The fraction of sp³-hybridized carbons (Fsp3) is 1.00. The van der Waals surface area contributed by atoms with Gasteiger partial charge in [0.25, 0.3) is 0 Å². The largest absolute Gasteiger partial charge is 0.389 e. The van der Waals surface area contributed by atoms with Gasteiger partial charge < -0.3 is 15.7 Å². The number of aliphatic hydroxyl groups is 1. The van der Waals surface area contributed by atoms with E-state index in [1.54, 1.807) is 0 Å². The third-order valence-corrected chi connectivity index (χ3v) is 4.04. The van der Waals surface area contributed by atoms with Crippen molar-refractivity contribution in [3.63, 3.8) is 0 Å². The summed E-state index contributed by atoms with van der Waals surface area (Å²) in [6.07, 6.45) is 7.52. The van der Waals surface area contributed by atoms with E-state index in [9.17, 15) is 5.11 Å². The Kier molecular flexibility index (Phi) is 6.45. The highest BCUT2D eigenvalue weighted by Gasteiger charge is 2.21. The van der Waals surface area contributed by atoms with Crippen molar-refractivity contribution in [2.75, 3.05) is 26.2 Å². The van der Waals surface area contributed by atoms with E-state index in [-0.39, 0.29) is 0 Å². The molecule has 0 radical (unpaired) electrons. The van der Waals surface area contributed by atoms with Crippen molar-refractivity contribution in [1.29, 1.82) is 0 Å². The Morgan fingerprint density at radius 2 is 2.12 bits per heavy atom. The number of hydrogen-bond acceptors (Lipinski definition) is 3. The first-order chi connectivity index (χ1) is 8.07. The number of nitrogens with two attached hydrogens (primary N) is 1. The van der Waals surface area contributed by atoms with Crippen LogP contribution in [0.25, 0.3) is 0 Å². The molecule has 3 heteroatoms. The van der Waals surface area contributed by atoms with Gasteiger partial charge in [0.05, 0.1) is 5.60 Å². The van der Waals surface area contributed by atoms with Crippen LogP contribution in [0.1, 0.15) is 52.4 Å². The van der Waals surface area contributed by atoms with Gasteiger partial charge in [-0.1, -0.05) is 19.8 Å². The standard InChI is InChI=1S/C14H30N2O/c1-3-5-13-6-4-9-16(10-7-13)11-8-14(2,17)12-15/h13,17H,3-12,15H2,1-2H3. The molecule has 0 amide bonds. The fourth-order valence-electron chi connectivity index (χ4n) is 2.65. The number of rotatable bonds is 6. The lowest BCUT2D eigenvalue weighted by Gasteiger charge is -2.26. The SMILES string of the molecule is CCCC1CCCN(CCC(C)(O)CN)CC1. The summed E-state index contributed by atoms with van der Waals surface area (Å²) in [4.78, 5) is 2.50. The van der Waals surface area contributed by atoms with Crippen LogP contribution in [-0.2, 0) is 0 Å². The zero-order chi connectivity index (χ0) is 12.7. The van der Waals surface area contributed by atoms with Gasteiger partial charge in [-0.25, -0.2) is 0 Å². The van der Waals surface area contributed by atoms with Crippen LogP contribution < -0.4 is 5.73 Å². The van der Waals surface area contributed by atoms with Gasteiger partial charge in [0.1, 0.15) is 0 Å². The molecule has 0 aliphatic carbocycles. The lowest BCUT2D eigenvalue weighted by molar-refractivity contribution is 0.0479. The quantitative estimate of drug-likeness (QED) is 0.749. The minimum atomic E-state index is -0.685. The normalized spacial score (nSPS) is 26.5. The highest BCUT2D eigenvalue weighted by atomic mass is 16.3. The Morgan fingerprint density at radius 3 is 2.76 bits per heavy atom. The van der Waals surface area contributed by atoms with E-state index in [1.807, 2.05) is 6.92 Å². The molecule has 2 unspecified atom stereocenters. The molecule has 0 aromatic rings. The molecule has 0 aromatic carbocycles. The van der Waals surface area contributed by atoms with Gasteiger partial charge in [-0.2, -0.15) is 0 Å². The first-order valence-electron chi connectivity index (χ1n) is 7.22. The van der Waals surface area contributed by atoms with Crippen LogP contribution >= 0.6 is 0 Å². The lowest BCUT2D eigenvalue weighted by Crippen LogP contribution is -2.39. The summed E-state index contributed by atoms with van der Waals surface area (Å²) in [6, 6.07) is 0. The Hall–Kier alpha value is -0.120. The Labute approximate surface area is 106 Å². The van der Waals surface area contributed by atoms with Gasteiger partial charge in [-0.3, -0.25) is 0 Å². The highest BCUT2D eigenvalue weighted by Crippen LogP contribution is 2.22. The predicted molar refractivity (Wildman–Crippen MR) is 73.0 cm³/mol. The van der Waals surface area contributed by atoms with Crippen LogP contribution in [0.5, 0.6) is 0 Å². The van der Waals surface area contributed by atoms with E-state index >= 15 is 0 Å². The van der Waals surface area contributed by atoms with Crippen molar-refractivity contribution in [3.8, 4) is 0 Å². The molecule has 1 saturated heterocycles. The van der Waals surface area contributed by atoms with Crippen LogP contribution in [0.3, 0.4) is 0 Å². The first kappa shape index (κ1) is 14.9. The molecule has 1 rings (SSSR count). The van der Waals surface area contributed by atoms with Crippen molar-refractivity contribution < 1.29 is 5.11 Å². The molecule has 0 spiro atoms. The van der Waals surface area contributed by atoms with E-state index in [1.165, 1.54) is 45.2 Å². The van der Waals surface area contributed by atoms with Crippen LogP contribution in [0, 0.1) is 5.92 Å². The van der Waals surface area contributed by atoms with Gasteiger partial charge in [-0.05, 0) is 51.6 Å². The van der Waals surface area contributed by atoms with E-state index in [2.05, 4.69) is 11.8 Å². The van der Waals surface area contributed by atoms with Crippen molar-refractivity contribution in [2.45, 2.75) is 58.0 Å². The van der Waals surface area contributed by atoms with E-state index < -0.39 is 5.60 Å². The average molecular weight is 242 g/mol. The van der Waals surface area contributed by atoms with Crippen molar-refractivity contribution in [2.24, 2.45) is 11.7 Å². The lowest BCUT2D eigenvalue weighted by atomic mass is 9.96. The van der Waals surface area contributed by atoms with Gasteiger partial charge >= 0.3 is 0 Å². The zero-order valence-electron chi connectivity index (χ0n) is 11.6. The topological polar surface area (TPSA) is 49.5 Å². The third-order valence-electron chi connectivity index (χ3n) is 4.04. The summed E-state index contributed by atoms with van der Waals surface area (Å²) in [6.45, 7) is 7.86. The molecule has 1 fully saturated rings. The predicted octanol–water partition coefficient (Wildman–Crippen LogP) is 1.99. The molecule has 0 saturated carbocycles. The van der Waals surface area contributed by atoms with Crippen molar-refractivity contribution in [1.82, 2.24) is 4.90 Å². The van der Waals surface area contributed by atoms with E-state index in [0.717, 1.165) is 18.9 Å². The van der Waals surface area contributed by atoms with Gasteiger partial charge in [-0.15, -0.1) is 0 Å². The molecule has 0 bridgehead atoms. The van der Waals surface area contributed by atoms with Crippen LogP contribution in [0.2, 0.25) is 0 Å². The van der Waals surface area contributed by atoms with Crippen LogP contribution in [0.15, 0.2) is 0 Å². The van der Waals surface area contributed by atoms with Gasteiger partial charge in [0, 0.05) is 13.1 Å². The maximum atomic E-state index is 9.91. The van der Waals surface area contributed by atoms with Gasteiger partial charge in [0.2, 0.25) is 0 Å². The molecule has 17 heavy (non-hydrogen) atoms. The molecule has 3 nitrogen and oxygen atoms in total. The molecular formula is C14H30N2O. The molecule has 102 valence electrons. The summed E-state index contributed by atoms with van der Waals surface area (Å²) in [5.41, 5.74) is 4.86. The summed E-state index contributed by atoms with van der Waals surface area (Å²) in [7, 11) is 0. The van der Waals surface area contributed by atoms with E-state index in [0.29, 0.717) is 6.54 Å². The maximum Gasteiger partial charge on any atom is 0.0753 e. The smallest absolute Gasteiger partial charge is 0.0753 e. The van der Waals surface area contributed by atoms with Crippen LogP contribution in [-0.4, -0.2) is 41.8 Å². The summed E-state index contributed by atoms with van der Waals surface area (Å²) in [5, 5.41) is 9.91. The van der Waals surface area contributed by atoms with Crippen molar-refractivity contribution in [3.05, 3.63) is 0 Å². The summed E-state index contributed by atoms with van der Waals surface area (Å²) < 4.78 is 0. The minimum absolute atomic E-state index is 0.360. The zero-order valence-corrected chi connectivity index (χ0v) is 11.6. The minimum Gasteiger partial charge on any atom is -0.389 e. The molecule has 0 aromatic heterocycles.